The molecule has 24 heavy (non-hydrogen) atoms. The van der Waals surface area contributed by atoms with E-state index in [4.69, 9.17) is 11.6 Å². The van der Waals surface area contributed by atoms with Gasteiger partial charge in [-0.2, -0.15) is 0 Å². The van der Waals surface area contributed by atoms with Crippen molar-refractivity contribution in [2.75, 3.05) is 6.54 Å². The number of benzene rings is 2. The number of carbonyl (C=O) groups excluding carboxylic acids is 2. The summed E-state index contributed by atoms with van der Waals surface area (Å²) >= 11 is 6.20. The van der Waals surface area contributed by atoms with Crippen molar-refractivity contribution in [3.8, 4) is 0 Å². The molecule has 0 aliphatic carbocycles. The van der Waals surface area contributed by atoms with Crippen LogP contribution in [0.3, 0.4) is 0 Å². The fourth-order valence-corrected chi connectivity index (χ4v) is 3.55. The number of hydrogen-bond acceptors (Lipinski definition) is 2. The summed E-state index contributed by atoms with van der Waals surface area (Å²) in [6.45, 7) is 2.35. The first-order valence-corrected chi connectivity index (χ1v) is 8.16. The Hall–Kier alpha value is -2.59. The highest BCUT2D eigenvalue weighted by Gasteiger charge is 2.36. The van der Waals surface area contributed by atoms with E-state index in [1.54, 1.807) is 24.3 Å². The van der Waals surface area contributed by atoms with Crippen molar-refractivity contribution in [2.45, 2.75) is 12.8 Å². The molecular formula is C19H15ClN2O2. The number of carbonyl (C=O) groups is 2. The van der Waals surface area contributed by atoms with E-state index in [1.807, 2.05) is 31.3 Å². The lowest BCUT2D eigenvalue weighted by molar-refractivity contribution is 0.0646. The summed E-state index contributed by atoms with van der Waals surface area (Å²) < 4.78 is 0. The Kier molecular flexibility index (Phi) is 3.43. The largest absolute Gasteiger partial charge is 0.360 e. The Balaban J connectivity index is 1.65. The van der Waals surface area contributed by atoms with Gasteiger partial charge in [0, 0.05) is 24.0 Å². The van der Waals surface area contributed by atoms with Gasteiger partial charge in [0.05, 0.1) is 21.7 Å². The second-order valence-electron chi connectivity index (χ2n) is 6.07. The van der Waals surface area contributed by atoms with E-state index in [0.717, 1.165) is 16.5 Å². The van der Waals surface area contributed by atoms with Crippen LogP contribution in [0.2, 0.25) is 5.02 Å². The van der Waals surface area contributed by atoms with Crippen LogP contribution in [0.25, 0.3) is 10.9 Å². The summed E-state index contributed by atoms with van der Waals surface area (Å²) in [7, 11) is 0. The maximum Gasteiger partial charge on any atom is 0.261 e. The van der Waals surface area contributed by atoms with Crippen molar-refractivity contribution >= 4 is 34.3 Å². The van der Waals surface area contributed by atoms with Gasteiger partial charge < -0.3 is 4.98 Å². The van der Waals surface area contributed by atoms with Gasteiger partial charge in [-0.05, 0) is 23.8 Å². The lowest BCUT2D eigenvalue weighted by Gasteiger charge is -2.19. The molecule has 2 aromatic carbocycles. The minimum atomic E-state index is -0.222. The predicted octanol–water partition coefficient (Wildman–Crippen LogP) is 4.22. The van der Waals surface area contributed by atoms with Gasteiger partial charge in [-0.15, -0.1) is 0 Å². The molecule has 1 aromatic heterocycles. The van der Waals surface area contributed by atoms with Crippen molar-refractivity contribution < 1.29 is 9.59 Å². The van der Waals surface area contributed by atoms with E-state index in [-0.39, 0.29) is 17.7 Å². The third kappa shape index (κ3) is 2.14. The lowest BCUT2D eigenvalue weighted by Crippen LogP contribution is -2.33. The van der Waals surface area contributed by atoms with Crippen molar-refractivity contribution in [1.82, 2.24) is 9.88 Å². The van der Waals surface area contributed by atoms with Crippen LogP contribution in [0.5, 0.6) is 0 Å². The molecular weight excluding hydrogens is 324 g/mol. The molecule has 4 nitrogen and oxygen atoms in total. The van der Waals surface area contributed by atoms with Gasteiger partial charge in [0.1, 0.15) is 0 Å². The molecule has 4 rings (SSSR count). The number of nitrogens with one attached hydrogen (secondary N) is 1. The number of fused-ring (bicyclic) bond motifs is 2. The van der Waals surface area contributed by atoms with Crippen LogP contribution in [0.1, 0.15) is 39.1 Å². The molecule has 1 N–H and O–H groups in total. The molecule has 2 heterocycles. The Labute approximate surface area is 144 Å². The second-order valence-corrected chi connectivity index (χ2v) is 6.48. The van der Waals surface area contributed by atoms with E-state index in [2.05, 4.69) is 4.98 Å². The Morgan fingerprint density at radius 1 is 1.04 bits per heavy atom. The topological polar surface area (TPSA) is 53.2 Å². The average Bonchev–Trinajstić information content (AvgIpc) is 3.12. The van der Waals surface area contributed by atoms with Crippen molar-refractivity contribution in [3.05, 3.63) is 70.4 Å². The van der Waals surface area contributed by atoms with Crippen LogP contribution in [-0.4, -0.2) is 28.2 Å². The van der Waals surface area contributed by atoms with E-state index in [9.17, 15) is 9.59 Å². The Bertz CT molecular complexity index is 941. The van der Waals surface area contributed by atoms with Crippen LogP contribution in [-0.2, 0) is 0 Å². The molecule has 1 atom stereocenters. The zero-order chi connectivity index (χ0) is 16.8. The van der Waals surface area contributed by atoms with Crippen LogP contribution >= 0.6 is 11.6 Å². The lowest BCUT2D eigenvalue weighted by atomic mass is 10.00. The highest BCUT2D eigenvalue weighted by molar-refractivity contribution is 6.35. The SMILES string of the molecule is CC(CN1C(=O)c2ccccc2C1=O)c1c[nH]c2c(Cl)cccc12. The summed E-state index contributed by atoms with van der Waals surface area (Å²) in [5.74, 6) is -0.444. The number of H-pyrrole nitrogens is 1. The minimum absolute atomic E-state index is 0.000529. The molecule has 0 saturated heterocycles. The minimum Gasteiger partial charge on any atom is -0.360 e. The number of amides is 2. The summed E-state index contributed by atoms with van der Waals surface area (Å²) in [5, 5.41) is 1.68. The number of aromatic amines is 1. The van der Waals surface area contributed by atoms with Gasteiger partial charge in [-0.3, -0.25) is 14.5 Å². The smallest absolute Gasteiger partial charge is 0.261 e. The first-order chi connectivity index (χ1) is 11.6. The van der Waals surface area contributed by atoms with Crippen molar-refractivity contribution in [2.24, 2.45) is 0 Å². The molecule has 1 unspecified atom stereocenters. The highest BCUT2D eigenvalue weighted by Crippen LogP contribution is 2.32. The summed E-state index contributed by atoms with van der Waals surface area (Å²) in [4.78, 5) is 29.5. The standard InChI is InChI=1S/C19H15ClN2O2/c1-11(15-9-21-17-12(15)7-4-8-16(17)20)10-22-18(23)13-5-2-3-6-14(13)19(22)24/h2-9,11,21H,10H2,1H3. The van der Waals surface area contributed by atoms with E-state index in [0.29, 0.717) is 22.7 Å². The second kappa shape index (κ2) is 5.49. The first kappa shape index (κ1) is 15.0. The molecule has 0 radical (unpaired) electrons. The molecule has 2 amide bonds. The number of nitrogens with zero attached hydrogens (tertiary/aromatic N) is 1. The third-order valence-corrected chi connectivity index (χ3v) is 4.88. The number of halogens is 1. The van der Waals surface area contributed by atoms with Crippen LogP contribution in [0.15, 0.2) is 48.7 Å². The molecule has 0 fully saturated rings. The van der Waals surface area contributed by atoms with Gasteiger partial charge >= 0.3 is 0 Å². The predicted molar refractivity (Wildman–Crippen MR) is 93.5 cm³/mol. The fourth-order valence-electron chi connectivity index (χ4n) is 3.32. The fraction of sp³-hybridized carbons (Fsp3) is 0.158. The molecule has 0 bridgehead atoms. The van der Waals surface area contributed by atoms with Gasteiger partial charge in [0.15, 0.2) is 0 Å². The number of hydrogen-bond donors (Lipinski definition) is 1. The first-order valence-electron chi connectivity index (χ1n) is 7.78. The van der Waals surface area contributed by atoms with Gasteiger partial charge in [-0.25, -0.2) is 0 Å². The molecule has 1 aliphatic heterocycles. The summed E-state index contributed by atoms with van der Waals surface area (Å²) in [6.07, 6.45) is 1.90. The van der Waals surface area contributed by atoms with E-state index in [1.165, 1.54) is 4.90 Å². The van der Waals surface area contributed by atoms with Gasteiger partial charge in [0.25, 0.3) is 11.8 Å². The maximum atomic E-state index is 12.5. The molecule has 0 spiro atoms. The number of rotatable bonds is 3. The summed E-state index contributed by atoms with van der Waals surface area (Å²) in [6, 6.07) is 12.7. The zero-order valence-electron chi connectivity index (χ0n) is 13.0. The Morgan fingerprint density at radius 3 is 2.38 bits per heavy atom. The maximum absolute atomic E-state index is 12.5. The van der Waals surface area contributed by atoms with Crippen molar-refractivity contribution in [3.63, 3.8) is 0 Å². The quantitative estimate of drug-likeness (QED) is 0.727. The normalized spacial score (nSPS) is 15.2. The van der Waals surface area contributed by atoms with Crippen LogP contribution < -0.4 is 0 Å². The number of para-hydroxylation sites is 1. The zero-order valence-corrected chi connectivity index (χ0v) is 13.8. The monoisotopic (exact) mass is 338 g/mol. The van der Waals surface area contributed by atoms with Gasteiger partial charge in [0.2, 0.25) is 0 Å². The van der Waals surface area contributed by atoms with Crippen LogP contribution in [0, 0.1) is 0 Å². The molecule has 120 valence electrons. The number of aromatic nitrogens is 1. The molecule has 5 heteroatoms. The molecule has 0 saturated carbocycles. The Morgan fingerprint density at radius 2 is 1.71 bits per heavy atom. The average molecular weight is 339 g/mol. The third-order valence-electron chi connectivity index (χ3n) is 4.56. The molecule has 1 aliphatic rings. The van der Waals surface area contributed by atoms with Crippen LogP contribution in [0.4, 0.5) is 0 Å². The summed E-state index contributed by atoms with van der Waals surface area (Å²) in [5.41, 5.74) is 2.89. The van der Waals surface area contributed by atoms with Crippen molar-refractivity contribution in [1.29, 1.82) is 0 Å². The number of imide groups is 1. The van der Waals surface area contributed by atoms with E-state index < -0.39 is 0 Å². The van der Waals surface area contributed by atoms with Gasteiger partial charge in [-0.1, -0.05) is 42.8 Å². The highest BCUT2D eigenvalue weighted by atomic mass is 35.5. The molecule has 3 aromatic rings. The van der Waals surface area contributed by atoms with E-state index >= 15 is 0 Å².